The first kappa shape index (κ1) is 19.0. The number of hydrogen-bond acceptors (Lipinski definition) is 7. The van der Waals surface area contributed by atoms with Crippen LogP contribution < -0.4 is 5.73 Å². The summed E-state index contributed by atoms with van der Waals surface area (Å²) in [4.78, 5) is 14.8. The maximum absolute atomic E-state index is 12.2. The molecule has 0 radical (unpaired) electrons. The molecular formula is C20H21N3O3S. The van der Waals surface area contributed by atoms with Gasteiger partial charge in [0, 0.05) is 25.2 Å². The third-order valence-corrected chi connectivity index (χ3v) is 5.56. The molecule has 0 spiro atoms. The molecule has 0 fully saturated rings. The molecule has 3 rings (SSSR count). The fourth-order valence-corrected chi connectivity index (χ4v) is 4.06. The van der Waals surface area contributed by atoms with Crippen molar-refractivity contribution in [1.29, 1.82) is 5.26 Å². The summed E-state index contributed by atoms with van der Waals surface area (Å²) in [5.41, 5.74) is 9.28. The van der Waals surface area contributed by atoms with E-state index < -0.39 is 5.97 Å². The molecule has 7 heteroatoms. The van der Waals surface area contributed by atoms with Crippen molar-refractivity contribution in [3.63, 3.8) is 0 Å². The third-order valence-electron chi connectivity index (χ3n) is 4.52. The van der Waals surface area contributed by atoms with Crippen molar-refractivity contribution in [2.75, 3.05) is 25.4 Å². The van der Waals surface area contributed by atoms with E-state index in [1.54, 1.807) is 19.1 Å². The standard InChI is InChI=1S/C20H21N3O3S/c1-2-26-20(25)18-17(16(11-21)19(22)27-18)12-23-9-7-14(8-10-23)13-3-5-15(24)6-4-13/h3-7,24H,2,8-10,12,22H2,1H3. The molecule has 1 aromatic carbocycles. The molecule has 0 unspecified atom stereocenters. The number of nitrogen functional groups attached to an aromatic ring is 1. The van der Waals surface area contributed by atoms with Crippen molar-refractivity contribution in [3.05, 3.63) is 51.9 Å². The number of nitrogens with two attached hydrogens (primary N) is 1. The lowest BCUT2D eigenvalue weighted by Crippen LogP contribution is -2.29. The Labute approximate surface area is 162 Å². The number of carbonyl (C=O) groups is 1. The van der Waals surface area contributed by atoms with E-state index in [0.29, 0.717) is 34.1 Å². The highest BCUT2D eigenvalue weighted by molar-refractivity contribution is 7.18. The quantitative estimate of drug-likeness (QED) is 0.768. The average molecular weight is 383 g/mol. The van der Waals surface area contributed by atoms with E-state index in [0.717, 1.165) is 29.9 Å². The van der Waals surface area contributed by atoms with Crippen molar-refractivity contribution in [1.82, 2.24) is 4.90 Å². The normalized spacial score (nSPS) is 14.4. The Morgan fingerprint density at radius 3 is 2.74 bits per heavy atom. The number of phenols is 1. The van der Waals surface area contributed by atoms with Crippen LogP contribution in [0, 0.1) is 11.3 Å². The van der Waals surface area contributed by atoms with Crippen molar-refractivity contribution in [3.8, 4) is 11.8 Å². The molecule has 0 aliphatic carbocycles. The smallest absolute Gasteiger partial charge is 0.348 e. The van der Waals surface area contributed by atoms with Crippen molar-refractivity contribution < 1.29 is 14.6 Å². The fraction of sp³-hybridized carbons (Fsp3) is 0.300. The first-order valence-corrected chi connectivity index (χ1v) is 9.54. The lowest BCUT2D eigenvalue weighted by Gasteiger charge is -2.26. The summed E-state index contributed by atoms with van der Waals surface area (Å²) >= 11 is 1.12. The zero-order valence-electron chi connectivity index (χ0n) is 15.1. The van der Waals surface area contributed by atoms with Crippen LogP contribution in [-0.4, -0.2) is 35.7 Å². The summed E-state index contributed by atoms with van der Waals surface area (Å²) in [6, 6.07) is 9.30. The van der Waals surface area contributed by atoms with Gasteiger partial charge in [-0.25, -0.2) is 4.79 Å². The fourth-order valence-electron chi connectivity index (χ4n) is 3.14. The van der Waals surface area contributed by atoms with Crippen molar-refractivity contribution in [2.45, 2.75) is 19.9 Å². The average Bonchev–Trinajstić information content (AvgIpc) is 2.98. The SMILES string of the molecule is CCOC(=O)c1sc(N)c(C#N)c1CN1CC=C(c2ccc(O)cc2)CC1. The highest BCUT2D eigenvalue weighted by atomic mass is 32.1. The van der Waals surface area contributed by atoms with E-state index in [1.165, 1.54) is 5.57 Å². The van der Waals surface area contributed by atoms with Crippen LogP contribution in [0.15, 0.2) is 30.3 Å². The first-order valence-electron chi connectivity index (χ1n) is 8.72. The number of aromatic hydroxyl groups is 1. The van der Waals surface area contributed by atoms with Crippen LogP contribution in [0.2, 0.25) is 0 Å². The van der Waals surface area contributed by atoms with Gasteiger partial charge in [-0.15, -0.1) is 11.3 Å². The molecule has 27 heavy (non-hydrogen) atoms. The molecule has 140 valence electrons. The number of nitriles is 1. The van der Waals surface area contributed by atoms with Gasteiger partial charge >= 0.3 is 5.97 Å². The van der Waals surface area contributed by atoms with Crippen LogP contribution in [0.1, 0.15) is 39.7 Å². The highest BCUT2D eigenvalue weighted by Gasteiger charge is 2.25. The number of rotatable bonds is 5. The van der Waals surface area contributed by atoms with Crippen LogP contribution in [0.5, 0.6) is 5.75 Å². The van der Waals surface area contributed by atoms with E-state index in [1.807, 2.05) is 12.1 Å². The number of anilines is 1. The molecule has 0 saturated heterocycles. The van der Waals surface area contributed by atoms with Crippen LogP contribution in [0.4, 0.5) is 5.00 Å². The number of ether oxygens (including phenoxy) is 1. The molecule has 2 heterocycles. The lowest BCUT2D eigenvalue weighted by molar-refractivity contribution is 0.0530. The van der Waals surface area contributed by atoms with Gasteiger partial charge in [-0.1, -0.05) is 18.2 Å². The minimum atomic E-state index is -0.428. The molecule has 0 amide bonds. The van der Waals surface area contributed by atoms with Crippen molar-refractivity contribution in [2.24, 2.45) is 0 Å². The zero-order valence-corrected chi connectivity index (χ0v) is 15.9. The molecule has 3 N–H and O–H groups in total. The molecule has 1 aliphatic heterocycles. The van der Waals surface area contributed by atoms with Crippen LogP contribution in [0.25, 0.3) is 5.57 Å². The monoisotopic (exact) mass is 383 g/mol. The van der Waals surface area contributed by atoms with Gasteiger partial charge in [-0.3, -0.25) is 4.90 Å². The van der Waals surface area contributed by atoms with Crippen LogP contribution in [-0.2, 0) is 11.3 Å². The second-order valence-corrected chi connectivity index (χ2v) is 7.29. The number of carbonyl (C=O) groups excluding carboxylic acids is 1. The number of thiophene rings is 1. The van der Waals surface area contributed by atoms with Gasteiger partial charge < -0.3 is 15.6 Å². The lowest BCUT2D eigenvalue weighted by atomic mass is 9.99. The molecule has 0 atom stereocenters. The van der Waals surface area contributed by atoms with Crippen molar-refractivity contribution >= 4 is 27.9 Å². The number of esters is 1. The Hall–Kier alpha value is -2.82. The molecular weight excluding hydrogens is 362 g/mol. The Bertz CT molecular complexity index is 910. The molecule has 1 aliphatic rings. The minimum Gasteiger partial charge on any atom is -0.508 e. The predicted octanol–water partition coefficient (Wildman–Crippen LogP) is 3.37. The van der Waals surface area contributed by atoms with Gasteiger partial charge in [0.25, 0.3) is 0 Å². The summed E-state index contributed by atoms with van der Waals surface area (Å²) < 4.78 is 5.11. The molecule has 6 nitrogen and oxygen atoms in total. The Morgan fingerprint density at radius 2 is 2.15 bits per heavy atom. The Kier molecular flexibility index (Phi) is 5.79. The van der Waals surface area contributed by atoms with Gasteiger partial charge in [-0.2, -0.15) is 5.26 Å². The zero-order chi connectivity index (χ0) is 19.4. The Balaban J connectivity index is 1.78. The molecule has 0 bridgehead atoms. The number of phenolic OH excluding ortho intramolecular Hbond substituents is 1. The van der Waals surface area contributed by atoms with Crippen LogP contribution >= 0.6 is 11.3 Å². The maximum atomic E-state index is 12.2. The van der Waals surface area contributed by atoms with Gasteiger partial charge in [-0.05, 0) is 36.6 Å². The number of benzene rings is 1. The van der Waals surface area contributed by atoms with E-state index in [9.17, 15) is 15.2 Å². The minimum absolute atomic E-state index is 0.252. The van der Waals surface area contributed by atoms with Gasteiger partial charge in [0.1, 0.15) is 21.7 Å². The summed E-state index contributed by atoms with van der Waals surface area (Å²) in [6.07, 6.45) is 2.99. The Morgan fingerprint density at radius 1 is 1.41 bits per heavy atom. The number of nitrogens with zero attached hydrogens (tertiary/aromatic N) is 2. The topological polar surface area (TPSA) is 99.6 Å². The van der Waals surface area contributed by atoms with Crippen LogP contribution in [0.3, 0.4) is 0 Å². The van der Waals surface area contributed by atoms with E-state index in [-0.39, 0.29) is 12.4 Å². The molecule has 0 saturated carbocycles. The predicted molar refractivity (Wildman–Crippen MR) is 105 cm³/mol. The highest BCUT2D eigenvalue weighted by Crippen LogP contribution is 2.33. The summed E-state index contributed by atoms with van der Waals surface area (Å²) in [7, 11) is 0. The molecule has 2 aromatic rings. The molecule has 1 aromatic heterocycles. The van der Waals surface area contributed by atoms with E-state index in [2.05, 4.69) is 17.0 Å². The third kappa shape index (κ3) is 4.13. The number of hydrogen-bond donors (Lipinski definition) is 2. The second-order valence-electron chi connectivity index (χ2n) is 6.24. The summed E-state index contributed by atoms with van der Waals surface area (Å²) in [6.45, 7) is 4.01. The van der Waals surface area contributed by atoms with E-state index in [4.69, 9.17) is 10.5 Å². The van der Waals surface area contributed by atoms with E-state index >= 15 is 0 Å². The second kappa shape index (κ2) is 8.25. The largest absolute Gasteiger partial charge is 0.508 e. The summed E-state index contributed by atoms with van der Waals surface area (Å²) in [5.74, 6) is -0.176. The maximum Gasteiger partial charge on any atom is 0.348 e. The summed E-state index contributed by atoms with van der Waals surface area (Å²) in [5, 5.41) is 19.2. The van der Waals surface area contributed by atoms with Gasteiger partial charge in [0.15, 0.2) is 0 Å². The van der Waals surface area contributed by atoms with Gasteiger partial charge in [0.2, 0.25) is 0 Å². The first-order chi connectivity index (χ1) is 13.0. The van der Waals surface area contributed by atoms with Gasteiger partial charge in [0.05, 0.1) is 12.2 Å².